The zero-order valence-electron chi connectivity index (χ0n) is 28.8. The number of hydrogen-bond acceptors (Lipinski definition) is 4. The molecule has 0 unspecified atom stereocenters. The molecule has 0 fully saturated rings. The van der Waals surface area contributed by atoms with E-state index in [2.05, 4.69) is 49.0 Å². The van der Waals surface area contributed by atoms with Crippen molar-refractivity contribution in [2.24, 2.45) is 9.98 Å². The smallest absolute Gasteiger partial charge is 0.207 e. The van der Waals surface area contributed by atoms with E-state index in [9.17, 15) is 8.42 Å². The van der Waals surface area contributed by atoms with Gasteiger partial charge < -0.3 is 4.42 Å². The van der Waals surface area contributed by atoms with E-state index in [-0.39, 0.29) is 0 Å². The molecule has 9 rings (SSSR count). The Balaban J connectivity index is 1.21. The van der Waals surface area contributed by atoms with Crippen LogP contribution >= 0.6 is 0 Å². The Morgan fingerprint density at radius 2 is 1.21 bits per heavy atom. The lowest BCUT2D eigenvalue weighted by Crippen LogP contribution is -2.05. The van der Waals surface area contributed by atoms with E-state index in [0.717, 1.165) is 61.0 Å². The van der Waals surface area contributed by atoms with Gasteiger partial charge in [0, 0.05) is 33.2 Å². The van der Waals surface area contributed by atoms with Gasteiger partial charge in [-0.3, -0.25) is 0 Å². The van der Waals surface area contributed by atoms with Gasteiger partial charge in [-0.25, -0.2) is 18.4 Å². The summed E-state index contributed by atoms with van der Waals surface area (Å²) in [7, 11) is -3.62. The highest BCUT2D eigenvalue weighted by Crippen LogP contribution is 2.48. The largest absolute Gasteiger partial charge is 0.456 e. The molecule has 0 atom stereocenters. The second-order valence-corrected chi connectivity index (χ2v) is 14.9. The lowest BCUT2D eigenvalue weighted by Gasteiger charge is -2.10. The molecule has 0 N–H and O–H groups in total. The summed E-state index contributed by atoms with van der Waals surface area (Å²) in [5, 5.41) is 1.73. The zero-order chi connectivity index (χ0) is 36.1. The number of furan rings is 1. The number of amidine groups is 1. The Hall–Kier alpha value is -6.63. The topological polar surface area (TPSA) is 72.0 Å². The predicted molar refractivity (Wildman–Crippen MR) is 216 cm³/mol. The summed E-state index contributed by atoms with van der Waals surface area (Å²) >= 11 is 0. The molecule has 0 aliphatic carbocycles. The van der Waals surface area contributed by atoms with Crippen LogP contribution in [0.5, 0.6) is 0 Å². The maximum atomic E-state index is 13.5. The van der Waals surface area contributed by atoms with Gasteiger partial charge in [-0.1, -0.05) is 140 Å². The lowest BCUT2D eigenvalue weighted by atomic mass is 9.93. The van der Waals surface area contributed by atoms with Crippen LogP contribution in [0.4, 0.5) is 0 Å². The predicted octanol–water partition coefficient (Wildman–Crippen LogP) is 11.7. The van der Waals surface area contributed by atoms with E-state index in [4.69, 9.17) is 14.4 Å². The zero-order valence-corrected chi connectivity index (χ0v) is 29.6. The third kappa shape index (κ3) is 5.61. The van der Waals surface area contributed by atoms with Gasteiger partial charge in [0.2, 0.25) is 9.84 Å². The van der Waals surface area contributed by atoms with Gasteiger partial charge in [0.15, 0.2) is 5.84 Å². The highest BCUT2D eigenvalue weighted by molar-refractivity contribution is 7.92. The van der Waals surface area contributed by atoms with Gasteiger partial charge in [0.1, 0.15) is 11.2 Å². The van der Waals surface area contributed by atoms with E-state index in [1.54, 1.807) is 18.2 Å². The Morgan fingerprint density at radius 1 is 0.566 bits per heavy atom. The summed E-state index contributed by atoms with van der Waals surface area (Å²) in [6, 6.07) is 53.2. The van der Waals surface area contributed by atoms with Gasteiger partial charge in [-0.2, -0.15) is 0 Å². The average molecular weight is 705 g/mol. The van der Waals surface area contributed by atoms with E-state index >= 15 is 0 Å². The van der Waals surface area contributed by atoms with E-state index in [1.807, 2.05) is 110 Å². The SMILES string of the molecule is C=C(N=C(N=C(C)c1ccc(-c2ccccc2)cc1)c1cccc2oc3ccc(-c4cccc5c4-c4ccccc4S5(=O)=O)cc3c12)c1ccccc1. The summed E-state index contributed by atoms with van der Waals surface area (Å²) in [6.45, 7) is 6.33. The number of benzene rings is 7. The first-order valence-electron chi connectivity index (χ1n) is 17.3. The number of hydrogen-bond donors (Lipinski definition) is 0. The van der Waals surface area contributed by atoms with Gasteiger partial charge in [-0.05, 0) is 70.6 Å². The molecule has 0 spiro atoms. The quantitative estimate of drug-likeness (QED) is 0.128. The molecule has 0 saturated carbocycles. The summed E-state index contributed by atoms with van der Waals surface area (Å²) in [5.41, 5.74) is 10.9. The number of fused-ring (bicyclic) bond motifs is 6. The molecule has 0 saturated heterocycles. The summed E-state index contributed by atoms with van der Waals surface area (Å²) in [5.74, 6) is 0.503. The minimum absolute atomic E-state index is 0.324. The van der Waals surface area contributed by atoms with Gasteiger partial charge in [0.05, 0.1) is 15.5 Å². The molecule has 7 aromatic carbocycles. The van der Waals surface area contributed by atoms with Crippen LogP contribution in [0.3, 0.4) is 0 Å². The van der Waals surface area contributed by atoms with E-state index in [1.165, 1.54) is 0 Å². The number of aliphatic imine (C=N–C) groups is 2. The average Bonchev–Trinajstić information content (AvgIpc) is 3.70. The Bertz CT molecular complexity index is 2910. The standard InChI is InChI=1S/C47H32N2O3S/c1-30(32-13-5-3-6-14-32)48-47(49-31(2)33-23-25-35(26-24-33)34-15-7-4-8-16-34)39-19-11-20-42-45(39)40-29-36(27-28-41(40)52-42)37-18-12-22-44-46(37)38-17-9-10-21-43(38)53(44,50)51/h3-29H,1H2,2H3. The van der Waals surface area contributed by atoms with Crippen molar-refractivity contribution in [3.63, 3.8) is 0 Å². The second kappa shape index (κ2) is 12.9. The van der Waals surface area contributed by atoms with Crippen LogP contribution in [-0.4, -0.2) is 20.0 Å². The molecule has 6 heteroatoms. The van der Waals surface area contributed by atoms with Crippen molar-refractivity contribution in [1.82, 2.24) is 0 Å². The third-order valence-corrected chi connectivity index (χ3v) is 11.7. The maximum absolute atomic E-state index is 13.5. The molecule has 0 amide bonds. The minimum Gasteiger partial charge on any atom is -0.456 e. The molecule has 5 nitrogen and oxygen atoms in total. The van der Waals surface area contributed by atoms with Crippen LogP contribution in [0.2, 0.25) is 0 Å². The molecule has 1 aliphatic heterocycles. The van der Waals surface area contributed by atoms with Crippen LogP contribution in [0.15, 0.2) is 195 Å². The first kappa shape index (κ1) is 32.3. The number of rotatable bonds is 6. The molecule has 0 bridgehead atoms. The molecule has 1 aromatic heterocycles. The summed E-state index contributed by atoms with van der Waals surface area (Å²) in [6.07, 6.45) is 0. The van der Waals surface area contributed by atoms with Crippen LogP contribution in [0, 0.1) is 0 Å². The molecule has 8 aromatic rings. The summed E-state index contributed by atoms with van der Waals surface area (Å²) < 4.78 is 33.5. The highest BCUT2D eigenvalue weighted by Gasteiger charge is 2.34. The fraction of sp³-hybridized carbons (Fsp3) is 0.0213. The second-order valence-electron chi connectivity index (χ2n) is 13.1. The van der Waals surface area contributed by atoms with Crippen molar-refractivity contribution in [2.45, 2.75) is 16.7 Å². The van der Waals surface area contributed by atoms with Crippen LogP contribution in [0.1, 0.15) is 23.6 Å². The monoisotopic (exact) mass is 704 g/mol. The molecule has 2 heterocycles. The maximum Gasteiger partial charge on any atom is 0.207 e. The van der Waals surface area contributed by atoms with E-state index < -0.39 is 9.84 Å². The highest BCUT2D eigenvalue weighted by atomic mass is 32.2. The molecule has 0 radical (unpaired) electrons. The lowest BCUT2D eigenvalue weighted by molar-refractivity contribution is 0.598. The van der Waals surface area contributed by atoms with Crippen molar-refractivity contribution in [3.05, 3.63) is 187 Å². The normalized spacial score (nSPS) is 13.6. The van der Waals surface area contributed by atoms with Crippen molar-refractivity contribution in [1.29, 1.82) is 0 Å². The summed E-state index contributed by atoms with van der Waals surface area (Å²) in [4.78, 5) is 10.9. The van der Waals surface area contributed by atoms with Crippen LogP contribution in [0.25, 0.3) is 61.0 Å². The van der Waals surface area contributed by atoms with Gasteiger partial charge in [0.25, 0.3) is 0 Å². The number of sulfone groups is 1. The molecular weight excluding hydrogens is 673 g/mol. The number of nitrogens with zero attached hydrogens (tertiary/aromatic N) is 2. The first-order chi connectivity index (χ1) is 25.9. The van der Waals surface area contributed by atoms with Gasteiger partial charge in [-0.15, -0.1) is 0 Å². The van der Waals surface area contributed by atoms with E-state index in [0.29, 0.717) is 38.1 Å². The molecule has 254 valence electrons. The van der Waals surface area contributed by atoms with Crippen LogP contribution < -0.4 is 0 Å². The first-order valence-corrected chi connectivity index (χ1v) is 18.8. The van der Waals surface area contributed by atoms with Gasteiger partial charge >= 0.3 is 0 Å². The molecule has 53 heavy (non-hydrogen) atoms. The Kier molecular flexibility index (Phi) is 7.83. The van der Waals surface area contributed by atoms with Crippen molar-refractivity contribution < 1.29 is 12.8 Å². The Labute approximate surface area is 307 Å². The van der Waals surface area contributed by atoms with Crippen molar-refractivity contribution in [3.8, 4) is 33.4 Å². The molecule has 1 aliphatic rings. The minimum atomic E-state index is -3.62. The van der Waals surface area contributed by atoms with Crippen LogP contribution in [-0.2, 0) is 9.84 Å². The fourth-order valence-electron chi connectivity index (χ4n) is 7.21. The third-order valence-electron chi connectivity index (χ3n) is 9.84. The van der Waals surface area contributed by atoms with Crippen molar-refractivity contribution in [2.75, 3.05) is 0 Å². The molecular formula is C47H32N2O3S. The Morgan fingerprint density at radius 3 is 2.00 bits per heavy atom. The van der Waals surface area contributed by atoms with Crippen molar-refractivity contribution >= 4 is 49.0 Å². The fourth-order valence-corrected chi connectivity index (χ4v) is 8.91.